The zero-order chi connectivity index (χ0) is 17.8. The van der Waals surface area contributed by atoms with Crippen LogP contribution in [-0.4, -0.2) is 8.07 Å². The molecule has 0 fully saturated rings. The lowest BCUT2D eigenvalue weighted by molar-refractivity contribution is 0.628. The third-order valence-corrected chi connectivity index (χ3v) is 7.08. The second-order valence-electron chi connectivity index (χ2n) is 8.62. The molecule has 0 saturated heterocycles. The average molecular weight is 347 g/mol. The number of unbranched alkanes of at least 4 members (excludes halogenated alkanes) is 8. The van der Waals surface area contributed by atoms with Crippen LogP contribution in [0.1, 0.15) is 89.2 Å². The van der Waals surface area contributed by atoms with Gasteiger partial charge in [-0.15, -0.1) is 0 Å². The summed E-state index contributed by atoms with van der Waals surface area (Å²) in [4.78, 5) is 0. The zero-order valence-corrected chi connectivity index (χ0v) is 18.2. The Bertz CT molecular complexity index is 410. The van der Waals surface area contributed by atoms with Crippen molar-refractivity contribution in [1.29, 1.82) is 0 Å². The van der Waals surface area contributed by atoms with Crippen LogP contribution in [0.15, 0.2) is 18.2 Å². The van der Waals surface area contributed by atoms with Crippen LogP contribution in [0.5, 0.6) is 0 Å². The molecule has 0 atom stereocenters. The lowest BCUT2D eigenvalue weighted by atomic mass is 10.00. The van der Waals surface area contributed by atoms with E-state index in [4.69, 9.17) is 0 Å². The van der Waals surface area contributed by atoms with E-state index in [1.165, 1.54) is 77.0 Å². The highest BCUT2D eigenvalue weighted by atomic mass is 28.3. The first-order chi connectivity index (χ1) is 11.5. The third-order valence-electron chi connectivity index (χ3n) is 5.06. The first-order valence-electron chi connectivity index (χ1n) is 10.6. The fourth-order valence-corrected chi connectivity index (χ4v) is 4.59. The molecule has 0 radical (unpaired) electrons. The van der Waals surface area contributed by atoms with Crippen LogP contribution >= 0.6 is 0 Å². The van der Waals surface area contributed by atoms with Crippen molar-refractivity contribution in [3.63, 3.8) is 0 Å². The van der Waals surface area contributed by atoms with E-state index in [1.807, 2.05) is 0 Å². The van der Waals surface area contributed by atoms with Crippen LogP contribution in [0.3, 0.4) is 0 Å². The van der Waals surface area contributed by atoms with Gasteiger partial charge >= 0.3 is 0 Å². The monoisotopic (exact) mass is 346 g/mol. The van der Waals surface area contributed by atoms with Crippen molar-refractivity contribution in [2.75, 3.05) is 0 Å². The van der Waals surface area contributed by atoms with Crippen molar-refractivity contribution in [2.24, 2.45) is 0 Å². The summed E-state index contributed by atoms with van der Waals surface area (Å²) in [5, 5.41) is 1.66. The number of benzene rings is 1. The number of aryl methyl sites for hydroxylation is 2. The molecular formula is C23H42Si. The highest BCUT2D eigenvalue weighted by Crippen LogP contribution is 2.15. The van der Waals surface area contributed by atoms with Gasteiger partial charge < -0.3 is 0 Å². The molecule has 1 aromatic rings. The Labute approximate surface area is 153 Å². The van der Waals surface area contributed by atoms with Gasteiger partial charge in [0.2, 0.25) is 0 Å². The van der Waals surface area contributed by atoms with Gasteiger partial charge in [-0.1, -0.05) is 108 Å². The average Bonchev–Trinajstić information content (AvgIpc) is 2.53. The van der Waals surface area contributed by atoms with Gasteiger partial charge in [0.05, 0.1) is 8.07 Å². The molecule has 0 amide bonds. The second kappa shape index (κ2) is 11.9. The van der Waals surface area contributed by atoms with E-state index in [2.05, 4.69) is 51.7 Å². The molecule has 1 heteroatoms. The summed E-state index contributed by atoms with van der Waals surface area (Å²) in [7, 11) is -1.22. The van der Waals surface area contributed by atoms with Gasteiger partial charge in [-0.3, -0.25) is 0 Å². The Morgan fingerprint density at radius 3 is 1.38 bits per heavy atom. The van der Waals surface area contributed by atoms with Crippen molar-refractivity contribution >= 4 is 13.3 Å². The first-order valence-corrected chi connectivity index (χ1v) is 14.1. The van der Waals surface area contributed by atoms with Crippen molar-refractivity contribution in [1.82, 2.24) is 0 Å². The van der Waals surface area contributed by atoms with Crippen LogP contribution in [-0.2, 0) is 12.8 Å². The molecule has 0 aromatic heterocycles. The second-order valence-corrected chi connectivity index (χ2v) is 13.7. The minimum Gasteiger partial charge on any atom is -0.0656 e. The van der Waals surface area contributed by atoms with E-state index in [0.717, 1.165) is 0 Å². The molecule has 138 valence electrons. The molecule has 0 saturated carbocycles. The highest BCUT2D eigenvalue weighted by Gasteiger charge is 2.17. The molecular weight excluding hydrogens is 304 g/mol. The van der Waals surface area contributed by atoms with Crippen LogP contribution in [0.25, 0.3) is 0 Å². The van der Waals surface area contributed by atoms with Gasteiger partial charge in [-0.25, -0.2) is 0 Å². The summed E-state index contributed by atoms with van der Waals surface area (Å²) in [5.41, 5.74) is 3.21. The summed E-state index contributed by atoms with van der Waals surface area (Å²) in [6.07, 6.45) is 16.4. The van der Waals surface area contributed by atoms with E-state index in [9.17, 15) is 0 Å². The van der Waals surface area contributed by atoms with Crippen LogP contribution in [0.2, 0.25) is 19.6 Å². The summed E-state index contributed by atoms with van der Waals surface area (Å²) in [5.74, 6) is 0. The summed E-state index contributed by atoms with van der Waals surface area (Å²) >= 11 is 0. The SMILES string of the molecule is CCCCCCCc1cc(CCCCCCC)cc([Si](C)(C)C)c1. The normalized spacial score (nSPS) is 11.9. The Balaban J connectivity index is 2.63. The standard InChI is InChI=1S/C23H42Si/c1-6-8-10-12-14-16-21-18-22(17-15-13-11-9-7-2)20-23(19-21)24(3,4)5/h18-20H,6-17H2,1-5H3. The van der Waals surface area contributed by atoms with E-state index < -0.39 is 8.07 Å². The van der Waals surface area contributed by atoms with Gasteiger partial charge in [0.25, 0.3) is 0 Å². The van der Waals surface area contributed by atoms with Crippen LogP contribution < -0.4 is 5.19 Å². The van der Waals surface area contributed by atoms with Gasteiger partial charge in [-0.05, 0) is 36.8 Å². The molecule has 0 heterocycles. The Hall–Kier alpha value is -0.563. The molecule has 24 heavy (non-hydrogen) atoms. The van der Waals surface area contributed by atoms with E-state index in [0.29, 0.717) is 0 Å². The molecule has 0 nitrogen and oxygen atoms in total. The summed E-state index contributed by atoms with van der Waals surface area (Å²) < 4.78 is 0. The Morgan fingerprint density at radius 2 is 1.00 bits per heavy atom. The van der Waals surface area contributed by atoms with Crippen molar-refractivity contribution in [3.8, 4) is 0 Å². The number of rotatable bonds is 13. The predicted molar refractivity (Wildman–Crippen MR) is 114 cm³/mol. The van der Waals surface area contributed by atoms with Crippen molar-refractivity contribution in [3.05, 3.63) is 29.3 Å². The molecule has 0 aliphatic carbocycles. The molecule has 0 aliphatic heterocycles. The largest absolute Gasteiger partial charge is 0.0776 e. The summed E-state index contributed by atoms with van der Waals surface area (Å²) in [6.45, 7) is 12.0. The van der Waals surface area contributed by atoms with Gasteiger partial charge in [0, 0.05) is 0 Å². The van der Waals surface area contributed by atoms with E-state index in [-0.39, 0.29) is 0 Å². The maximum absolute atomic E-state index is 2.53. The number of hydrogen-bond donors (Lipinski definition) is 0. The zero-order valence-electron chi connectivity index (χ0n) is 17.2. The molecule has 1 rings (SSSR count). The van der Waals surface area contributed by atoms with E-state index in [1.54, 1.807) is 16.3 Å². The Kier molecular flexibility index (Phi) is 10.6. The topological polar surface area (TPSA) is 0 Å². The van der Waals surface area contributed by atoms with Gasteiger partial charge in [0.15, 0.2) is 0 Å². The first kappa shape index (κ1) is 21.5. The molecule has 0 spiro atoms. The van der Waals surface area contributed by atoms with Crippen molar-refractivity contribution < 1.29 is 0 Å². The molecule has 0 unspecified atom stereocenters. The van der Waals surface area contributed by atoms with E-state index >= 15 is 0 Å². The lowest BCUT2D eigenvalue weighted by Crippen LogP contribution is -2.38. The molecule has 0 aliphatic rings. The lowest BCUT2D eigenvalue weighted by Gasteiger charge is -2.20. The smallest absolute Gasteiger partial charge is 0.0656 e. The summed E-state index contributed by atoms with van der Waals surface area (Å²) in [6, 6.07) is 7.59. The van der Waals surface area contributed by atoms with Crippen molar-refractivity contribution in [2.45, 2.75) is 111 Å². The Morgan fingerprint density at radius 1 is 0.583 bits per heavy atom. The predicted octanol–water partition coefficient (Wildman–Crippen LogP) is 7.26. The third kappa shape index (κ3) is 9.06. The quantitative estimate of drug-likeness (QED) is 0.260. The van der Waals surface area contributed by atoms with Gasteiger partial charge in [-0.2, -0.15) is 0 Å². The molecule has 1 aromatic carbocycles. The number of hydrogen-bond acceptors (Lipinski definition) is 0. The van der Waals surface area contributed by atoms with Crippen LogP contribution in [0.4, 0.5) is 0 Å². The maximum Gasteiger partial charge on any atom is 0.0776 e. The molecule has 0 bridgehead atoms. The maximum atomic E-state index is 2.53. The molecule has 0 N–H and O–H groups in total. The fourth-order valence-electron chi connectivity index (χ4n) is 3.35. The highest BCUT2D eigenvalue weighted by molar-refractivity contribution is 6.88. The fraction of sp³-hybridized carbons (Fsp3) is 0.739. The van der Waals surface area contributed by atoms with Crippen LogP contribution in [0, 0.1) is 0 Å². The minimum atomic E-state index is -1.22. The minimum absolute atomic E-state index is 1.22. The van der Waals surface area contributed by atoms with Gasteiger partial charge in [0.1, 0.15) is 0 Å².